The third-order valence-corrected chi connectivity index (χ3v) is 2.52. The van der Waals surface area contributed by atoms with Crippen molar-refractivity contribution in [3.63, 3.8) is 0 Å². The summed E-state index contributed by atoms with van der Waals surface area (Å²) >= 11 is 0. The van der Waals surface area contributed by atoms with E-state index in [0.29, 0.717) is 19.1 Å². The van der Waals surface area contributed by atoms with Gasteiger partial charge >= 0.3 is 0 Å². The standard InChI is InChI=1S/C12H16O3/c1-8(2)9-6-10(13-3)12-11(7-9)14-4-5-15-12/h6-8H,4-5H2,1-3H3. The number of rotatable bonds is 2. The molecule has 0 spiro atoms. The lowest BCUT2D eigenvalue weighted by Crippen LogP contribution is -2.16. The lowest BCUT2D eigenvalue weighted by Gasteiger charge is -2.22. The van der Waals surface area contributed by atoms with Crippen LogP contribution in [0.15, 0.2) is 12.1 Å². The van der Waals surface area contributed by atoms with Crippen molar-refractivity contribution in [1.82, 2.24) is 0 Å². The van der Waals surface area contributed by atoms with Gasteiger partial charge in [-0.05, 0) is 23.6 Å². The van der Waals surface area contributed by atoms with Crippen molar-refractivity contribution in [2.75, 3.05) is 20.3 Å². The minimum Gasteiger partial charge on any atom is -0.493 e. The zero-order valence-corrected chi connectivity index (χ0v) is 9.37. The van der Waals surface area contributed by atoms with Gasteiger partial charge in [0.1, 0.15) is 13.2 Å². The zero-order chi connectivity index (χ0) is 10.8. The van der Waals surface area contributed by atoms with E-state index in [0.717, 1.165) is 17.2 Å². The average molecular weight is 208 g/mol. The molecule has 2 rings (SSSR count). The highest BCUT2D eigenvalue weighted by Crippen LogP contribution is 2.41. The molecule has 0 radical (unpaired) electrons. The number of fused-ring (bicyclic) bond motifs is 1. The molecule has 0 bridgehead atoms. The number of benzene rings is 1. The van der Waals surface area contributed by atoms with Crippen LogP contribution in [0.1, 0.15) is 25.3 Å². The maximum absolute atomic E-state index is 5.55. The van der Waals surface area contributed by atoms with Gasteiger partial charge in [-0.2, -0.15) is 0 Å². The molecule has 0 unspecified atom stereocenters. The second-order valence-electron chi connectivity index (χ2n) is 3.90. The van der Waals surface area contributed by atoms with Gasteiger partial charge in [-0.3, -0.25) is 0 Å². The molecule has 3 heteroatoms. The highest BCUT2D eigenvalue weighted by molar-refractivity contribution is 5.55. The van der Waals surface area contributed by atoms with E-state index in [9.17, 15) is 0 Å². The molecule has 1 aromatic rings. The summed E-state index contributed by atoms with van der Waals surface area (Å²) in [6, 6.07) is 4.04. The molecule has 0 aromatic heterocycles. The van der Waals surface area contributed by atoms with E-state index in [1.807, 2.05) is 12.1 Å². The van der Waals surface area contributed by atoms with Crippen LogP contribution >= 0.6 is 0 Å². The van der Waals surface area contributed by atoms with Gasteiger partial charge in [-0.25, -0.2) is 0 Å². The Kier molecular flexibility index (Phi) is 2.71. The third-order valence-electron chi connectivity index (χ3n) is 2.52. The van der Waals surface area contributed by atoms with E-state index in [1.54, 1.807) is 7.11 Å². The quantitative estimate of drug-likeness (QED) is 0.747. The van der Waals surface area contributed by atoms with E-state index >= 15 is 0 Å². The second-order valence-corrected chi connectivity index (χ2v) is 3.90. The van der Waals surface area contributed by atoms with Crippen molar-refractivity contribution < 1.29 is 14.2 Å². The molecule has 1 aromatic carbocycles. The summed E-state index contributed by atoms with van der Waals surface area (Å²) in [5.74, 6) is 2.74. The van der Waals surface area contributed by atoms with Gasteiger partial charge in [-0.1, -0.05) is 13.8 Å². The van der Waals surface area contributed by atoms with E-state index in [1.165, 1.54) is 5.56 Å². The van der Waals surface area contributed by atoms with Crippen molar-refractivity contribution in [3.05, 3.63) is 17.7 Å². The Morgan fingerprint density at radius 1 is 1.20 bits per heavy atom. The first kappa shape index (κ1) is 10.1. The lowest BCUT2D eigenvalue weighted by molar-refractivity contribution is 0.165. The first-order valence-electron chi connectivity index (χ1n) is 5.20. The van der Waals surface area contributed by atoms with Crippen LogP contribution in [-0.2, 0) is 0 Å². The van der Waals surface area contributed by atoms with E-state index in [4.69, 9.17) is 14.2 Å². The average Bonchev–Trinajstić information content (AvgIpc) is 2.27. The van der Waals surface area contributed by atoms with Crippen molar-refractivity contribution in [2.45, 2.75) is 19.8 Å². The highest BCUT2D eigenvalue weighted by atomic mass is 16.6. The second kappa shape index (κ2) is 4.01. The van der Waals surface area contributed by atoms with Gasteiger partial charge in [0.05, 0.1) is 7.11 Å². The first-order valence-corrected chi connectivity index (χ1v) is 5.20. The molecule has 3 nitrogen and oxygen atoms in total. The number of ether oxygens (including phenoxy) is 3. The molecule has 0 amide bonds. The van der Waals surface area contributed by atoms with Gasteiger partial charge in [0.2, 0.25) is 5.75 Å². The van der Waals surface area contributed by atoms with Crippen LogP contribution in [0.4, 0.5) is 0 Å². The molecule has 15 heavy (non-hydrogen) atoms. The van der Waals surface area contributed by atoms with E-state index in [-0.39, 0.29) is 0 Å². The van der Waals surface area contributed by atoms with Crippen LogP contribution in [0.3, 0.4) is 0 Å². The van der Waals surface area contributed by atoms with Gasteiger partial charge in [0, 0.05) is 0 Å². The largest absolute Gasteiger partial charge is 0.493 e. The summed E-state index contributed by atoms with van der Waals surface area (Å²) in [4.78, 5) is 0. The van der Waals surface area contributed by atoms with Crippen molar-refractivity contribution in [1.29, 1.82) is 0 Å². The molecule has 0 saturated heterocycles. The summed E-state index contributed by atoms with van der Waals surface area (Å²) in [6.45, 7) is 5.48. The molecule has 1 aliphatic rings. The van der Waals surface area contributed by atoms with Crippen LogP contribution in [0.25, 0.3) is 0 Å². The Labute approximate surface area is 90.0 Å². The van der Waals surface area contributed by atoms with Crippen molar-refractivity contribution in [2.24, 2.45) is 0 Å². The van der Waals surface area contributed by atoms with Crippen LogP contribution in [0, 0.1) is 0 Å². The fourth-order valence-corrected chi connectivity index (χ4v) is 1.63. The fourth-order valence-electron chi connectivity index (χ4n) is 1.63. The maximum atomic E-state index is 5.55. The topological polar surface area (TPSA) is 27.7 Å². The Bertz CT molecular complexity index is 341. The number of hydrogen-bond donors (Lipinski definition) is 0. The summed E-state index contributed by atoms with van der Waals surface area (Å²) in [5, 5.41) is 0. The van der Waals surface area contributed by atoms with Gasteiger partial charge < -0.3 is 14.2 Å². The minimum absolute atomic E-state index is 0.453. The third kappa shape index (κ3) is 1.87. The molecule has 0 aliphatic carbocycles. The molecule has 0 saturated carbocycles. The highest BCUT2D eigenvalue weighted by Gasteiger charge is 2.18. The van der Waals surface area contributed by atoms with Gasteiger partial charge in [0.25, 0.3) is 0 Å². The predicted octanol–water partition coefficient (Wildman–Crippen LogP) is 2.59. The van der Waals surface area contributed by atoms with E-state index in [2.05, 4.69) is 13.8 Å². The predicted molar refractivity (Wildman–Crippen MR) is 58.1 cm³/mol. The Morgan fingerprint density at radius 3 is 2.60 bits per heavy atom. The van der Waals surface area contributed by atoms with Crippen LogP contribution in [-0.4, -0.2) is 20.3 Å². The normalized spacial score (nSPS) is 14.1. The molecule has 1 aliphatic heterocycles. The van der Waals surface area contributed by atoms with Crippen LogP contribution in [0.5, 0.6) is 17.2 Å². The van der Waals surface area contributed by atoms with Crippen molar-refractivity contribution >= 4 is 0 Å². The van der Waals surface area contributed by atoms with Gasteiger partial charge in [0.15, 0.2) is 11.5 Å². The van der Waals surface area contributed by atoms with Crippen molar-refractivity contribution in [3.8, 4) is 17.2 Å². The van der Waals surface area contributed by atoms with Gasteiger partial charge in [-0.15, -0.1) is 0 Å². The smallest absolute Gasteiger partial charge is 0.203 e. The Hall–Kier alpha value is -1.38. The molecular weight excluding hydrogens is 192 g/mol. The Morgan fingerprint density at radius 2 is 1.93 bits per heavy atom. The molecule has 82 valence electrons. The molecule has 1 heterocycles. The van der Waals surface area contributed by atoms with Crippen LogP contribution < -0.4 is 14.2 Å². The van der Waals surface area contributed by atoms with Crippen LogP contribution in [0.2, 0.25) is 0 Å². The lowest BCUT2D eigenvalue weighted by atomic mass is 10.0. The summed E-state index contributed by atoms with van der Waals surface area (Å²) < 4.78 is 16.4. The molecule has 0 fully saturated rings. The Balaban J connectivity index is 2.48. The summed E-state index contributed by atoms with van der Waals surface area (Å²) in [6.07, 6.45) is 0. The molecular formula is C12H16O3. The first-order chi connectivity index (χ1) is 7.22. The maximum Gasteiger partial charge on any atom is 0.203 e. The number of methoxy groups -OCH3 is 1. The van der Waals surface area contributed by atoms with E-state index < -0.39 is 0 Å². The molecule has 0 N–H and O–H groups in total. The fraction of sp³-hybridized carbons (Fsp3) is 0.500. The SMILES string of the molecule is COc1cc(C(C)C)cc2c1OCCO2. The monoisotopic (exact) mass is 208 g/mol. The zero-order valence-electron chi connectivity index (χ0n) is 9.37. The molecule has 0 atom stereocenters. The number of hydrogen-bond acceptors (Lipinski definition) is 3. The summed E-state index contributed by atoms with van der Waals surface area (Å²) in [7, 11) is 1.65. The summed E-state index contributed by atoms with van der Waals surface area (Å²) in [5.41, 5.74) is 1.20. The minimum atomic E-state index is 0.453.